The maximum absolute atomic E-state index is 12.1. The number of fused-ring (bicyclic) bond motifs is 1. The van der Waals surface area contributed by atoms with E-state index in [0.29, 0.717) is 13.0 Å². The summed E-state index contributed by atoms with van der Waals surface area (Å²) in [5.74, 6) is 0. The molecule has 0 heterocycles. The fourth-order valence-corrected chi connectivity index (χ4v) is 3.41. The SMILES string of the molecule is Cc1cccc(C2=Cc3cccc([N+](=O)[O-])c3C2)c1CNC(=O)OC(C)(C)C. The number of hydrogen-bond acceptors (Lipinski definition) is 4. The van der Waals surface area contributed by atoms with Gasteiger partial charge in [-0.2, -0.15) is 0 Å². The predicted octanol–water partition coefficient (Wildman–Crippen LogP) is 5.02. The van der Waals surface area contributed by atoms with Crippen molar-refractivity contribution in [3.63, 3.8) is 0 Å². The van der Waals surface area contributed by atoms with Gasteiger partial charge in [0.05, 0.1) is 4.92 Å². The van der Waals surface area contributed by atoms with Crippen molar-refractivity contribution >= 4 is 23.4 Å². The number of aryl methyl sites for hydroxylation is 1. The van der Waals surface area contributed by atoms with E-state index in [9.17, 15) is 14.9 Å². The molecule has 0 fully saturated rings. The second-order valence-corrected chi connectivity index (χ2v) is 7.90. The van der Waals surface area contributed by atoms with E-state index in [4.69, 9.17) is 4.74 Å². The number of allylic oxidation sites excluding steroid dienone is 1. The van der Waals surface area contributed by atoms with Crippen molar-refractivity contribution < 1.29 is 14.5 Å². The lowest BCUT2D eigenvalue weighted by Crippen LogP contribution is -2.32. The van der Waals surface area contributed by atoms with Gasteiger partial charge in [-0.25, -0.2) is 4.79 Å². The van der Waals surface area contributed by atoms with Crippen LogP contribution in [-0.2, 0) is 17.7 Å². The van der Waals surface area contributed by atoms with Gasteiger partial charge in [-0.3, -0.25) is 10.1 Å². The second kappa shape index (κ2) is 7.46. The maximum Gasteiger partial charge on any atom is 0.407 e. The fraction of sp³-hybridized carbons (Fsp3) is 0.318. The normalized spacial score (nSPS) is 12.9. The molecule has 0 aromatic heterocycles. The molecule has 146 valence electrons. The molecule has 1 aliphatic carbocycles. The molecule has 0 saturated carbocycles. The number of ether oxygens (including phenoxy) is 1. The number of rotatable bonds is 4. The van der Waals surface area contributed by atoms with Crippen LogP contribution in [0.15, 0.2) is 36.4 Å². The number of amides is 1. The molecule has 0 radical (unpaired) electrons. The van der Waals surface area contributed by atoms with Gasteiger partial charge in [-0.1, -0.05) is 36.4 Å². The number of benzene rings is 2. The van der Waals surface area contributed by atoms with E-state index in [1.165, 1.54) is 6.07 Å². The molecule has 1 aliphatic rings. The average Bonchev–Trinajstić information content (AvgIpc) is 3.02. The molecule has 0 atom stereocenters. The molecule has 6 heteroatoms. The molecule has 3 rings (SSSR count). The smallest absolute Gasteiger partial charge is 0.407 e. The summed E-state index contributed by atoms with van der Waals surface area (Å²) in [6.45, 7) is 7.77. The first-order valence-electron chi connectivity index (χ1n) is 9.18. The molecule has 2 aromatic rings. The van der Waals surface area contributed by atoms with Crippen LogP contribution in [0.25, 0.3) is 11.6 Å². The summed E-state index contributed by atoms with van der Waals surface area (Å²) < 4.78 is 5.32. The summed E-state index contributed by atoms with van der Waals surface area (Å²) in [7, 11) is 0. The van der Waals surface area contributed by atoms with Gasteiger partial charge in [0.25, 0.3) is 5.69 Å². The number of nitrogens with zero attached hydrogens (tertiary/aromatic N) is 1. The molecule has 2 aromatic carbocycles. The third-order valence-electron chi connectivity index (χ3n) is 4.65. The molecule has 0 saturated heterocycles. The number of nitro benzene ring substituents is 1. The number of alkyl carbamates (subject to hydrolysis) is 1. The van der Waals surface area contributed by atoms with E-state index in [-0.39, 0.29) is 10.6 Å². The van der Waals surface area contributed by atoms with Crippen molar-refractivity contribution in [1.29, 1.82) is 0 Å². The Morgan fingerprint density at radius 2 is 1.93 bits per heavy atom. The Bertz CT molecular complexity index is 971. The van der Waals surface area contributed by atoms with Gasteiger partial charge >= 0.3 is 6.09 Å². The van der Waals surface area contributed by atoms with Crippen LogP contribution in [0.2, 0.25) is 0 Å². The van der Waals surface area contributed by atoms with Gasteiger partial charge in [-0.15, -0.1) is 0 Å². The van der Waals surface area contributed by atoms with Gasteiger partial charge in [0.15, 0.2) is 0 Å². The molecular formula is C22H24N2O4. The van der Waals surface area contributed by atoms with Crippen LogP contribution in [0.1, 0.15) is 48.6 Å². The van der Waals surface area contributed by atoms with Crippen molar-refractivity contribution in [2.24, 2.45) is 0 Å². The molecule has 0 bridgehead atoms. The minimum Gasteiger partial charge on any atom is -0.444 e. The Labute approximate surface area is 164 Å². The van der Waals surface area contributed by atoms with Crippen molar-refractivity contribution in [2.45, 2.75) is 46.3 Å². The first kappa shape index (κ1) is 19.6. The van der Waals surface area contributed by atoms with Crippen LogP contribution in [0.5, 0.6) is 0 Å². The highest BCUT2D eigenvalue weighted by Gasteiger charge is 2.25. The molecule has 0 spiro atoms. The van der Waals surface area contributed by atoms with Gasteiger partial charge < -0.3 is 10.1 Å². The van der Waals surface area contributed by atoms with Crippen molar-refractivity contribution in [2.75, 3.05) is 0 Å². The molecule has 0 aliphatic heterocycles. The Morgan fingerprint density at radius 1 is 1.21 bits per heavy atom. The lowest BCUT2D eigenvalue weighted by Gasteiger charge is -2.20. The highest BCUT2D eigenvalue weighted by Crippen LogP contribution is 2.38. The largest absolute Gasteiger partial charge is 0.444 e. The number of carbonyl (C=O) groups is 1. The Morgan fingerprint density at radius 3 is 2.61 bits per heavy atom. The van der Waals surface area contributed by atoms with E-state index < -0.39 is 11.7 Å². The highest BCUT2D eigenvalue weighted by molar-refractivity contribution is 5.91. The third kappa shape index (κ3) is 4.22. The Balaban J connectivity index is 1.86. The summed E-state index contributed by atoms with van der Waals surface area (Å²) in [5, 5.41) is 14.2. The summed E-state index contributed by atoms with van der Waals surface area (Å²) in [6, 6.07) is 11.1. The van der Waals surface area contributed by atoms with E-state index in [2.05, 4.69) is 5.32 Å². The summed E-state index contributed by atoms with van der Waals surface area (Å²) >= 11 is 0. The van der Waals surface area contributed by atoms with Crippen LogP contribution in [-0.4, -0.2) is 16.6 Å². The fourth-order valence-electron chi connectivity index (χ4n) is 3.41. The number of nitro groups is 1. The molecule has 1 amide bonds. The van der Waals surface area contributed by atoms with E-state index in [0.717, 1.165) is 33.4 Å². The molecule has 1 N–H and O–H groups in total. The zero-order chi connectivity index (χ0) is 20.5. The Hall–Kier alpha value is -3.15. The molecule has 6 nitrogen and oxygen atoms in total. The number of nitrogens with one attached hydrogen (secondary N) is 1. The Kier molecular flexibility index (Phi) is 5.23. The van der Waals surface area contributed by atoms with Crippen molar-refractivity contribution in [3.8, 4) is 0 Å². The second-order valence-electron chi connectivity index (χ2n) is 7.90. The lowest BCUT2D eigenvalue weighted by atomic mass is 9.94. The van der Waals surface area contributed by atoms with Crippen molar-refractivity contribution in [1.82, 2.24) is 5.32 Å². The third-order valence-corrected chi connectivity index (χ3v) is 4.65. The summed E-state index contributed by atoms with van der Waals surface area (Å²) in [4.78, 5) is 23.1. The maximum atomic E-state index is 12.1. The van der Waals surface area contributed by atoms with Gasteiger partial charge in [0, 0.05) is 24.6 Å². The van der Waals surface area contributed by atoms with E-state index in [1.54, 1.807) is 6.07 Å². The van der Waals surface area contributed by atoms with Crippen LogP contribution in [0.4, 0.5) is 10.5 Å². The minimum atomic E-state index is -0.562. The van der Waals surface area contributed by atoms with Crippen LogP contribution >= 0.6 is 0 Å². The quantitative estimate of drug-likeness (QED) is 0.596. The molecule has 0 unspecified atom stereocenters. The minimum absolute atomic E-state index is 0.143. The summed E-state index contributed by atoms with van der Waals surface area (Å²) in [6.07, 6.45) is 2.02. The number of hydrogen-bond donors (Lipinski definition) is 1. The van der Waals surface area contributed by atoms with Crippen LogP contribution in [0.3, 0.4) is 0 Å². The number of carbonyl (C=O) groups excluding carboxylic acids is 1. The van der Waals surface area contributed by atoms with E-state index in [1.807, 2.05) is 58.0 Å². The van der Waals surface area contributed by atoms with E-state index >= 15 is 0 Å². The van der Waals surface area contributed by atoms with Gasteiger partial charge in [0.1, 0.15) is 5.60 Å². The predicted molar refractivity (Wildman–Crippen MR) is 109 cm³/mol. The zero-order valence-corrected chi connectivity index (χ0v) is 16.5. The molecule has 28 heavy (non-hydrogen) atoms. The summed E-state index contributed by atoms with van der Waals surface area (Å²) in [5.41, 5.74) is 5.20. The zero-order valence-electron chi connectivity index (χ0n) is 16.5. The standard InChI is InChI=1S/C22H24N2O4/c1-14-7-5-9-17(19(14)13-23-21(25)28-22(2,3)4)16-11-15-8-6-10-20(24(26)27)18(15)12-16/h5-11H,12-13H2,1-4H3,(H,23,25). The first-order chi connectivity index (χ1) is 13.2. The highest BCUT2D eigenvalue weighted by atomic mass is 16.6. The molecular weight excluding hydrogens is 356 g/mol. The first-order valence-corrected chi connectivity index (χ1v) is 9.18. The van der Waals surface area contributed by atoms with Gasteiger partial charge in [0.2, 0.25) is 0 Å². The van der Waals surface area contributed by atoms with Gasteiger partial charge in [-0.05, 0) is 55.5 Å². The van der Waals surface area contributed by atoms with Crippen molar-refractivity contribution in [3.05, 3.63) is 74.3 Å². The monoisotopic (exact) mass is 380 g/mol. The average molecular weight is 380 g/mol. The lowest BCUT2D eigenvalue weighted by molar-refractivity contribution is -0.385. The van der Waals surface area contributed by atoms with Crippen LogP contribution in [0, 0.1) is 17.0 Å². The van der Waals surface area contributed by atoms with Crippen LogP contribution < -0.4 is 5.32 Å². The topological polar surface area (TPSA) is 81.5 Å².